The van der Waals surface area contributed by atoms with Crippen LogP contribution >= 0.6 is 0 Å². The molecule has 6 nitrogen and oxygen atoms in total. The summed E-state index contributed by atoms with van der Waals surface area (Å²) in [4.78, 5) is 12.5. The Morgan fingerprint density at radius 2 is 0.792 bits per heavy atom. The van der Waals surface area contributed by atoms with Gasteiger partial charge in [0.25, 0.3) is 0 Å². The minimum atomic E-state index is 0.479. The molecular formula is C42H31N5O. The van der Waals surface area contributed by atoms with Gasteiger partial charge in [0.15, 0.2) is 0 Å². The van der Waals surface area contributed by atoms with E-state index in [0.717, 1.165) is 61.7 Å². The van der Waals surface area contributed by atoms with Crippen LogP contribution in [-0.2, 0) is 0 Å². The molecule has 0 saturated carbocycles. The van der Waals surface area contributed by atoms with Crippen molar-refractivity contribution in [3.63, 3.8) is 0 Å². The summed E-state index contributed by atoms with van der Waals surface area (Å²) in [6, 6.07) is 51.4. The molecule has 2 heterocycles. The first-order valence-electron chi connectivity index (χ1n) is 15.9. The van der Waals surface area contributed by atoms with Gasteiger partial charge in [-0.1, -0.05) is 78.9 Å². The second-order valence-corrected chi connectivity index (χ2v) is 11.8. The number of hydrogen-bond donors (Lipinski definition) is 0. The van der Waals surface area contributed by atoms with Gasteiger partial charge in [-0.15, -0.1) is 10.2 Å². The van der Waals surface area contributed by atoms with Crippen molar-refractivity contribution < 1.29 is 4.42 Å². The molecule has 0 bridgehead atoms. The van der Waals surface area contributed by atoms with Crippen LogP contribution in [0.4, 0.5) is 17.1 Å². The largest absolute Gasteiger partial charge is 0.416 e. The normalized spacial score (nSPS) is 11.1. The molecule has 48 heavy (non-hydrogen) atoms. The average Bonchev–Trinajstić information content (AvgIpc) is 3.64. The van der Waals surface area contributed by atoms with Gasteiger partial charge in [0.1, 0.15) is 0 Å². The average molecular weight is 622 g/mol. The van der Waals surface area contributed by atoms with Crippen LogP contribution in [0.3, 0.4) is 0 Å². The van der Waals surface area contributed by atoms with Gasteiger partial charge in [-0.3, -0.25) is 0 Å². The van der Waals surface area contributed by atoms with E-state index in [9.17, 15) is 0 Å². The summed E-state index contributed by atoms with van der Waals surface area (Å²) in [7, 11) is 0. The first-order valence-corrected chi connectivity index (χ1v) is 15.9. The summed E-state index contributed by atoms with van der Waals surface area (Å²) in [5.74, 6) is 0.976. The molecule has 6 aromatic carbocycles. The molecule has 8 aromatic rings. The first kappa shape index (κ1) is 29.0. The molecule has 0 radical (unpaired) electrons. The van der Waals surface area contributed by atoms with Crippen molar-refractivity contribution in [2.45, 2.75) is 13.8 Å². The Kier molecular flexibility index (Phi) is 7.51. The molecule has 0 N–H and O–H groups in total. The van der Waals surface area contributed by atoms with Gasteiger partial charge in [-0.25, -0.2) is 9.97 Å². The van der Waals surface area contributed by atoms with Gasteiger partial charge in [0.05, 0.1) is 22.4 Å². The number of benzene rings is 6. The molecule has 8 rings (SSSR count). The Morgan fingerprint density at radius 3 is 1.29 bits per heavy atom. The van der Waals surface area contributed by atoms with E-state index in [2.05, 4.69) is 114 Å². The standard InChI is InChI=1S/C42H31N5O/c1-28-26-37-38(27-29(28)2)44-40(39(43-37)30-12-6-3-7-13-30)31-18-22-35(23-19-31)47(34-16-10-5-11-17-34)36-24-20-33(21-25-36)42-46-45-41(48-42)32-14-8-4-9-15-32/h3-27H,1-2H3. The third-order valence-electron chi connectivity index (χ3n) is 8.56. The molecule has 0 saturated heterocycles. The van der Waals surface area contributed by atoms with Crippen molar-refractivity contribution in [1.29, 1.82) is 0 Å². The lowest BCUT2D eigenvalue weighted by Gasteiger charge is -2.25. The second-order valence-electron chi connectivity index (χ2n) is 11.8. The summed E-state index contributed by atoms with van der Waals surface area (Å²) >= 11 is 0. The number of aryl methyl sites for hydroxylation is 2. The fourth-order valence-electron chi connectivity index (χ4n) is 5.89. The van der Waals surface area contributed by atoms with E-state index in [1.165, 1.54) is 11.1 Å². The van der Waals surface area contributed by atoms with Crippen LogP contribution in [0.1, 0.15) is 11.1 Å². The number of fused-ring (bicyclic) bond motifs is 1. The maximum Gasteiger partial charge on any atom is 0.248 e. The molecule has 2 aromatic heterocycles. The third-order valence-corrected chi connectivity index (χ3v) is 8.56. The minimum Gasteiger partial charge on any atom is -0.416 e. The number of nitrogens with zero attached hydrogens (tertiary/aromatic N) is 5. The van der Waals surface area contributed by atoms with E-state index < -0.39 is 0 Å². The van der Waals surface area contributed by atoms with Crippen LogP contribution < -0.4 is 4.90 Å². The molecule has 0 spiro atoms. The molecule has 0 atom stereocenters. The number of hydrogen-bond acceptors (Lipinski definition) is 6. The number of para-hydroxylation sites is 1. The highest BCUT2D eigenvalue weighted by Gasteiger charge is 2.17. The zero-order valence-electron chi connectivity index (χ0n) is 26.6. The molecule has 0 unspecified atom stereocenters. The summed E-state index contributed by atoms with van der Waals surface area (Å²) in [6.07, 6.45) is 0. The van der Waals surface area contributed by atoms with Gasteiger partial charge in [-0.2, -0.15) is 0 Å². The highest BCUT2D eigenvalue weighted by molar-refractivity contribution is 5.88. The topological polar surface area (TPSA) is 67.9 Å². The highest BCUT2D eigenvalue weighted by Crippen LogP contribution is 2.38. The first-order chi connectivity index (χ1) is 23.6. The van der Waals surface area contributed by atoms with Crippen LogP contribution in [0, 0.1) is 13.8 Å². The summed E-state index contributed by atoms with van der Waals surface area (Å²) in [6.45, 7) is 4.23. The van der Waals surface area contributed by atoms with E-state index in [0.29, 0.717) is 11.8 Å². The number of rotatable bonds is 7. The molecule has 6 heteroatoms. The molecule has 0 amide bonds. The van der Waals surface area contributed by atoms with Crippen LogP contribution in [0.15, 0.2) is 156 Å². The van der Waals surface area contributed by atoms with Gasteiger partial charge in [0.2, 0.25) is 11.8 Å². The van der Waals surface area contributed by atoms with Crippen molar-refractivity contribution in [3.8, 4) is 45.4 Å². The SMILES string of the molecule is Cc1cc2nc(-c3ccccc3)c(-c3ccc(N(c4ccccc4)c4ccc(-c5nnc(-c6ccccc6)o5)cc4)cc3)nc2cc1C. The zero-order valence-corrected chi connectivity index (χ0v) is 26.6. The van der Waals surface area contributed by atoms with Gasteiger partial charge in [0, 0.05) is 39.3 Å². The quantitative estimate of drug-likeness (QED) is 0.176. The predicted octanol–water partition coefficient (Wildman–Crippen LogP) is 10.8. The monoisotopic (exact) mass is 621 g/mol. The third kappa shape index (κ3) is 5.60. The Labute approximate surface area is 279 Å². The van der Waals surface area contributed by atoms with Crippen LogP contribution in [0.25, 0.3) is 56.5 Å². The lowest BCUT2D eigenvalue weighted by molar-refractivity contribution is 0.584. The Bertz CT molecular complexity index is 2340. The van der Waals surface area contributed by atoms with Crippen molar-refractivity contribution in [2.24, 2.45) is 0 Å². The fourth-order valence-corrected chi connectivity index (χ4v) is 5.89. The van der Waals surface area contributed by atoms with E-state index in [1.807, 2.05) is 66.7 Å². The van der Waals surface area contributed by atoms with Gasteiger partial charge >= 0.3 is 0 Å². The van der Waals surface area contributed by atoms with E-state index >= 15 is 0 Å². The van der Waals surface area contributed by atoms with E-state index in [1.54, 1.807) is 0 Å². The molecule has 0 aliphatic rings. The van der Waals surface area contributed by atoms with Crippen molar-refractivity contribution in [2.75, 3.05) is 4.90 Å². The highest BCUT2D eigenvalue weighted by atomic mass is 16.4. The molecule has 0 aliphatic carbocycles. The smallest absolute Gasteiger partial charge is 0.248 e. The van der Waals surface area contributed by atoms with Crippen LogP contribution in [-0.4, -0.2) is 20.2 Å². The van der Waals surface area contributed by atoms with Crippen LogP contribution in [0.2, 0.25) is 0 Å². The van der Waals surface area contributed by atoms with Crippen molar-refractivity contribution >= 4 is 28.1 Å². The Balaban J connectivity index is 1.17. The predicted molar refractivity (Wildman–Crippen MR) is 193 cm³/mol. The number of aromatic nitrogens is 4. The van der Waals surface area contributed by atoms with Gasteiger partial charge in [-0.05, 0) is 97.8 Å². The summed E-state index contributed by atoms with van der Waals surface area (Å²) < 4.78 is 6.01. The maximum absolute atomic E-state index is 6.01. The van der Waals surface area contributed by atoms with Crippen molar-refractivity contribution in [3.05, 3.63) is 163 Å². The molecule has 230 valence electrons. The summed E-state index contributed by atoms with van der Waals surface area (Å²) in [5, 5.41) is 8.57. The Hall–Kier alpha value is -6.40. The van der Waals surface area contributed by atoms with E-state index in [4.69, 9.17) is 14.4 Å². The molecular weight excluding hydrogens is 590 g/mol. The Morgan fingerprint density at radius 1 is 0.417 bits per heavy atom. The minimum absolute atomic E-state index is 0.479. The molecule has 0 aliphatic heterocycles. The molecule has 0 fully saturated rings. The fraction of sp³-hybridized carbons (Fsp3) is 0.0476. The summed E-state index contributed by atoms with van der Waals surface area (Å²) in [5.41, 5.74) is 12.8. The van der Waals surface area contributed by atoms with E-state index in [-0.39, 0.29) is 0 Å². The lowest BCUT2D eigenvalue weighted by Crippen LogP contribution is -2.09. The maximum atomic E-state index is 6.01. The zero-order chi connectivity index (χ0) is 32.5. The second kappa shape index (κ2) is 12.4. The number of anilines is 3. The van der Waals surface area contributed by atoms with Gasteiger partial charge < -0.3 is 9.32 Å². The van der Waals surface area contributed by atoms with Crippen molar-refractivity contribution in [1.82, 2.24) is 20.2 Å². The van der Waals surface area contributed by atoms with Crippen LogP contribution in [0.5, 0.6) is 0 Å². The lowest BCUT2D eigenvalue weighted by atomic mass is 10.0.